The van der Waals surface area contributed by atoms with Crippen molar-refractivity contribution in [2.24, 2.45) is 0 Å². The van der Waals surface area contributed by atoms with Crippen LogP contribution >= 0.6 is 0 Å². The maximum atomic E-state index is 12.6. The molecule has 0 aromatic heterocycles. The highest BCUT2D eigenvalue weighted by molar-refractivity contribution is 6.08. The standard InChI is InChI=1S/C21H24N2O6/c1-4-5-6-19(24)22-14-9-7-13(8-10-14)20(25)23-16-12-18(29-3)17(28-2)11-15(16)21(26)27/h7-12H,4-6H2,1-3H3,(H,22,24)(H,23,25)(H,26,27). The third kappa shape index (κ3) is 5.71. The lowest BCUT2D eigenvalue weighted by Crippen LogP contribution is -2.15. The molecule has 0 unspecified atom stereocenters. The van der Waals surface area contributed by atoms with Crippen molar-refractivity contribution in [1.82, 2.24) is 0 Å². The molecule has 0 bridgehead atoms. The molecule has 0 radical (unpaired) electrons. The van der Waals surface area contributed by atoms with Gasteiger partial charge in [0.1, 0.15) is 0 Å². The van der Waals surface area contributed by atoms with E-state index in [1.165, 1.54) is 26.4 Å². The van der Waals surface area contributed by atoms with Gasteiger partial charge in [-0.15, -0.1) is 0 Å². The quantitative estimate of drug-likeness (QED) is 0.590. The van der Waals surface area contributed by atoms with Crippen LogP contribution in [0.2, 0.25) is 0 Å². The van der Waals surface area contributed by atoms with Crippen LogP contribution in [0.25, 0.3) is 0 Å². The monoisotopic (exact) mass is 400 g/mol. The first-order chi connectivity index (χ1) is 13.9. The van der Waals surface area contributed by atoms with Crippen LogP contribution in [-0.2, 0) is 4.79 Å². The fourth-order valence-electron chi connectivity index (χ4n) is 2.62. The lowest BCUT2D eigenvalue weighted by molar-refractivity contribution is -0.116. The minimum Gasteiger partial charge on any atom is -0.493 e. The normalized spacial score (nSPS) is 10.2. The topological polar surface area (TPSA) is 114 Å². The van der Waals surface area contributed by atoms with Gasteiger partial charge in [-0.2, -0.15) is 0 Å². The van der Waals surface area contributed by atoms with E-state index < -0.39 is 11.9 Å². The molecule has 2 amide bonds. The Kier molecular flexibility index (Phi) is 7.59. The van der Waals surface area contributed by atoms with Crippen LogP contribution in [0, 0.1) is 0 Å². The van der Waals surface area contributed by atoms with Gasteiger partial charge >= 0.3 is 5.97 Å². The average molecular weight is 400 g/mol. The number of rotatable bonds is 9. The van der Waals surface area contributed by atoms with Gasteiger partial charge in [0.2, 0.25) is 5.91 Å². The zero-order valence-electron chi connectivity index (χ0n) is 16.6. The zero-order chi connectivity index (χ0) is 21.4. The molecule has 29 heavy (non-hydrogen) atoms. The second-order valence-electron chi connectivity index (χ2n) is 6.24. The maximum absolute atomic E-state index is 12.6. The molecule has 154 valence electrons. The van der Waals surface area contributed by atoms with Crippen molar-refractivity contribution in [3.8, 4) is 11.5 Å². The molecule has 0 heterocycles. The van der Waals surface area contributed by atoms with E-state index in [9.17, 15) is 19.5 Å². The first-order valence-corrected chi connectivity index (χ1v) is 9.10. The molecule has 2 aromatic carbocycles. The van der Waals surface area contributed by atoms with Gasteiger partial charge in [0, 0.05) is 29.8 Å². The van der Waals surface area contributed by atoms with Crippen LogP contribution in [0.15, 0.2) is 36.4 Å². The number of carbonyl (C=O) groups is 3. The Hall–Kier alpha value is -3.55. The Balaban J connectivity index is 2.17. The van der Waals surface area contributed by atoms with E-state index in [4.69, 9.17) is 9.47 Å². The van der Waals surface area contributed by atoms with Crippen LogP contribution < -0.4 is 20.1 Å². The van der Waals surface area contributed by atoms with Crippen LogP contribution in [0.1, 0.15) is 46.9 Å². The zero-order valence-corrected chi connectivity index (χ0v) is 16.6. The molecule has 0 aliphatic carbocycles. The third-order valence-corrected chi connectivity index (χ3v) is 4.19. The highest BCUT2D eigenvalue weighted by atomic mass is 16.5. The lowest BCUT2D eigenvalue weighted by Gasteiger charge is -2.14. The Bertz CT molecular complexity index is 893. The summed E-state index contributed by atoms with van der Waals surface area (Å²) >= 11 is 0. The van der Waals surface area contributed by atoms with Gasteiger partial charge in [-0.3, -0.25) is 9.59 Å². The SMILES string of the molecule is CCCCC(=O)Nc1ccc(C(=O)Nc2cc(OC)c(OC)cc2C(=O)O)cc1. The number of ether oxygens (including phenoxy) is 2. The fraction of sp³-hybridized carbons (Fsp3) is 0.286. The van der Waals surface area contributed by atoms with Gasteiger partial charge in [-0.1, -0.05) is 13.3 Å². The van der Waals surface area contributed by atoms with Gasteiger partial charge < -0.3 is 25.2 Å². The Morgan fingerprint density at radius 2 is 1.59 bits per heavy atom. The maximum Gasteiger partial charge on any atom is 0.337 e. The number of benzene rings is 2. The fourth-order valence-corrected chi connectivity index (χ4v) is 2.62. The van der Waals surface area contributed by atoms with Gasteiger partial charge in [-0.25, -0.2) is 4.79 Å². The number of carbonyl (C=O) groups excluding carboxylic acids is 2. The average Bonchev–Trinajstić information content (AvgIpc) is 2.72. The Labute approximate surface area is 168 Å². The Morgan fingerprint density at radius 1 is 0.966 bits per heavy atom. The van der Waals surface area contributed by atoms with Crippen LogP contribution in [-0.4, -0.2) is 37.1 Å². The summed E-state index contributed by atoms with van der Waals surface area (Å²) in [6.45, 7) is 2.01. The van der Waals surface area contributed by atoms with Gasteiger partial charge in [0.15, 0.2) is 11.5 Å². The lowest BCUT2D eigenvalue weighted by atomic mass is 10.1. The van der Waals surface area contributed by atoms with Crippen molar-refractivity contribution in [3.63, 3.8) is 0 Å². The summed E-state index contributed by atoms with van der Waals surface area (Å²) in [6.07, 6.45) is 2.18. The van der Waals surface area contributed by atoms with Gasteiger partial charge in [0.05, 0.1) is 25.5 Å². The second kappa shape index (κ2) is 10.1. The van der Waals surface area contributed by atoms with Crippen molar-refractivity contribution < 1.29 is 29.0 Å². The number of methoxy groups -OCH3 is 2. The molecule has 0 saturated heterocycles. The third-order valence-electron chi connectivity index (χ3n) is 4.19. The summed E-state index contributed by atoms with van der Waals surface area (Å²) in [5.74, 6) is -1.26. The largest absolute Gasteiger partial charge is 0.493 e. The van der Waals surface area contributed by atoms with Crippen molar-refractivity contribution >= 4 is 29.2 Å². The van der Waals surface area contributed by atoms with E-state index in [-0.39, 0.29) is 28.7 Å². The number of carboxylic acids is 1. The van der Waals surface area contributed by atoms with Crippen molar-refractivity contribution in [3.05, 3.63) is 47.5 Å². The van der Waals surface area contributed by atoms with E-state index >= 15 is 0 Å². The second-order valence-corrected chi connectivity index (χ2v) is 6.24. The summed E-state index contributed by atoms with van der Waals surface area (Å²) in [6, 6.07) is 9.00. The number of anilines is 2. The number of aromatic carboxylic acids is 1. The molecular weight excluding hydrogens is 376 g/mol. The molecule has 8 heteroatoms. The number of nitrogens with one attached hydrogen (secondary N) is 2. The van der Waals surface area contributed by atoms with Crippen molar-refractivity contribution in [2.75, 3.05) is 24.9 Å². The molecule has 0 spiro atoms. The highest BCUT2D eigenvalue weighted by Gasteiger charge is 2.18. The van der Waals surface area contributed by atoms with Gasteiger partial charge in [0.25, 0.3) is 5.91 Å². The molecule has 0 saturated carbocycles. The first-order valence-electron chi connectivity index (χ1n) is 9.10. The summed E-state index contributed by atoms with van der Waals surface area (Å²) in [5, 5.41) is 14.8. The van der Waals surface area contributed by atoms with E-state index in [1.54, 1.807) is 24.3 Å². The number of hydrogen-bond acceptors (Lipinski definition) is 5. The molecule has 8 nitrogen and oxygen atoms in total. The summed E-state index contributed by atoms with van der Waals surface area (Å²) in [5.41, 5.74) is 0.843. The van der Waals surface area contributed by atoms with E-state index in [1.807, 2.05) is 6.92 Å². The number of unbranched alkanes of at least 4 members (excludes halogenated alkanes) is 1. The highest BCUT2D eigenvalue weighted by Crippen LogP contribution is 2.33. The molecule has 0 atom stereocenters. The number of amides is 2. The Morgan fingerprint density at radius 3 is 2.14 bits per heavy atom. The summed E-state index contributed by atoms with van der Waals surface area (Å²) in [7, 11) is 2.81. The molecule has 0 fully saturated rings. The van der Waals surface area contributed by atoms with Gasteiger partial charge in [-0.05, 0) is 30.7 Å². The molecule has 3 N–H and O–H groups in total. The number of carboxylic acid groups (broad SMARTS) is 1. The van der Waals surface area contributed by atoms with E-state index in [2.05, 4.69) is 10.6 Å². The van der Waals surface area contributed by atoms with Crippen LogP contribution in [0.5, 0.6) is 11.5 Å². The molecule has 2 rings (SSSR count). The minimum atomic E-state index is -1.22. The predicted octanol–water partition coefficient (Wildman–Crippen LogP) is 3.78. The minimum absolute atomic E-state index is 0.0806. The first kappa shape index (κ1) is 21.7. The van der Waals surface area contributed by atoms with Crippen molar-refractivity contribution in [1.29, 1.82) is 0 Å². The molecular formula is C21H24N2O6. The van der Waals surface area contributed by atoms with Crippen LogP contribution in [0.4, 0.5) is 11.4 Å². The van der Waals surface area contributed by atoms with Crippen molar-refractivity contribution in [2.45, 2.75) is 26.2 Å². The molecule has 0 aliphatic heterocycles. The number of hydrogen-bond donors (Lipinski definition) is 3. The van der Waals surface area contributed by atoms with Crippen LogP contribution in [0.3, 0.4) is 0 Å². The summed E-state index contributed by atoms with van der Waals surface area (Å²) in [4.78, 5) is 35.9. The van der Waals surface area contributed by atoms with E-state index in [0.29, 0.717) is 17.7 Å². The van der Waals surface area contributed by atoms with E-state index in [0.717, 1.165) is 12.8 Å². The summed E-state index contributed by atoms with van der Waals surface area (Å²) < 4.78 is 10.3. The molecule has 0 aliphatic rings. The molecule has 2 aromatic rings. The smallest absolute Gasteiger partial charge is 0.337 e. The predicted molar refractivity (Wildman–Crippen MR) is 109 cm³/mol.